The Labute approximate surface area is 112 Å². The molecule has 0 bridgehead atoms. The van der Waals surface area contributed by atoms with Crippen LogP contribution in [0.25, 0.3) is 0 Å². The van der Waals surface area contributed by atoms with E-state index in [-0.39, 0.29) is 24.3 Å². The van der Waals surface area contributed by atoms with Crippen molar-refractivity contribution in [2.75, 3.05) is 13.7 Å². The van der Waals surface area contributed by atoms with Gasteiger partial charge in [-0.3, -0.25) is 9.59 Å². The summed E-state index contributed by atoms with van der Waals surface area (Å²) in [5.74, 6) is -0.0970. The predicted molar refractivity (Wildman–Crippen MR) is 70.4 cm³/mol. The van der Waals surface area contributed by atoms with Crippen LogP contribution in [0.1, 0.15) is 24.9 Å². The molecular weight excluding hydrogens is 244 g/mol. The van der Waals surface area contributed by atoms with Crippen LogP contribution in [-0.4, -0.2) is 30.4 Å². The molecule has 1 aromatic carbocycles. The summed E-state index contributed by atoms with van der Waals surface area (Å²) in [5, 5.41) is 0. The van der Waals surface area contributed by atoms with E-state index in [9.17, 15) is 9.59 Å². The number of nitrogens with two attached hydrogens (primary N) is 1. The number of benzene rings is 1. The van der Waals surface area contributed by atoms with Gasteiger partial charge in [0, 0.05) is 18.5 Å². The third-order valence-electron chi connectivity index (χ3n) is 3.62. The summed E-state index contributed by atoms with van der Waals surface area (Å²) in [6.45, 7) is 2.31. The number of rotatable bonds is 4. The number of amides is 2. The van der Waals surface area contributed by atoms with E-state index in [0.717, 1.165) is 11.3 Å². The van der Waals surface area contributed by atoms with Gasteiger partial charge in [-0.2, -0.15) is 0 Å². The Hall–Kier alpha value is -2.04. The second-order valence-electron chi connectivity index (χ2n) is 4.77. The molecule has 1 fully saturated rings. The molecule has 1 saturated heterocycles. The summed E-state index contributed by atoms with van der Waals surface area (Å²) in [7, 11) is 1.60. The number of carbonyl (C=O) groups is 2. The van der Waals surface area contributed by atoms with Crippen molar-refractivity contribution in [3.8, 4) is 5.75 Å². The number of carbonyl (C=O) groups excluding carboxylic acids is 2. The maximum absolute atomic E-state index is 12.0. The summed E-state index contributed by atoms with van der Waals surface area (Å²) in [5.41, 5.74) is 6.21. The van der Waals surface area contributed by atoms with Crippen molar-refractivity contribution < 1.29 is 14.3 Å². The molecule has 5 heteroatoms. The second kappa shape index (κ2) is 5.30. The maximum atomic E-state index is 12.0. The number of methoxy groups -OCH3 is 1. The van der Waals surface area contributed by atoms with Crippen molar-refractivity contribution in [2.45, 2.75) is 19.4 Å². The van der Waals surface area contributed by atoms with Gasteiger partial charge in [-0.15, -0.1) is 0 Å². The maximum Gasteiger partial charge on any atom is 0.223 e. The highest BCUT2D eigenvalue weighted by Gasteiger charge is 2.36. The van der Waals surface area contributed by atoms with Crippen molar-refractivity contribution in [1.82, 2.24) is 4.90 Å². The number of likely N-dealkylation sites (tertiary alicyclic amines) is 1. The number of para-hydroxylation sites is 1. The standard InChI is InChI=1S/C14H18N2O3/c1-9(11-5-3-4-6-12(11)19-2)16-8-10(14(15)18)7-13(16)17/h3-6,9-10H,7-8H2,1-2H3,(H2,15,18). The van der Waals surface area contributed by atoms with Gasteiger partial charge in [0.25, 0.3) is 0 Å². The summed E-state index contributed by atoms with van der Waals surface area (Å²) in [6.07, 6.45) is 0.203. The Kier molecular flexibility index (Phi) is 3.74. The van der Waals surface area contributed by atoms with Crippen LogP contribution < -0.4 is 10.5 Å². The Balaban J connectivity index is 2.22. The largest absolute Gasteiger partial charge is 0.496 e. The molecule has 0 saturated carbocycles. The van der Waals surface area contributed by atoms with Gasteiger partial charge in [0.15, 0.2) is 0 Å². The highest BCUT2D eigenvalue weighted by Crippen LogP contribution is 2.33. The van der Waals surface area contributed by atoms with E-state index in [2.05, 4.69) is 0 Å². The number of hydrogen-bond acceptors (Lipinski definition) is 3. The molecule has 5 nitrogen and oxygen atoms in total. The first-order valence-corrected chi connectivity index (χ1v) is 6.26. The molecule has 2 atom stereocenters. The molecule has 102 valence electrons. The van der Waals surface area contributed by atoms with Gasteiger partial charge in [-0.1, -0.05) is 18.2 Å². The van der Waals surface area contributed by atoms with Gasteiger partial charge in [-0.25, -0.2) is 0 Å². The smallest absolute Gasteiger partial charge is 0.223 e. The summed E-state index contributed by atoms with van der Waals surface area (Å²) in [6, 6.07) is 7.44. The molecule has 2 rings (SSSR count). The Morgan fingerprint density at radius 2 is 2.16 bits per heavy atom. The number of ether oxygens (including phenoxy) is 1. The molecule has 19 heavy (non-hydrogen) atoms. The number of hydrogen-bond donors (Lipinski definition) is 1. The van der Waals surface area contributed by atoms with E-state index in [0.29, 0.717) is 6.54 Å². The molecule has 2 N–H and O–H groups in total. The number of nitrogens with zero attached hydrogens (tertiary/aromatic N) is 1. The fourth-order valence-corrected chi connectivity index (χ4v) is 2.48. The zero-order valence-corrected chi connectivity index (χ0v) is 11.1. The van der Waals surface area contributed by atoms with Crippen molar-refractivity contribution >= 4 is 11.8 Å². The lowest BCUT2D eigenvalue weighted by Gasteiger charge is -2.26. The zero-order chi connectivity index (χ0) is 14.0. The van der Waals surface area contributed by atoms with E-state index in [4.69, 9.17) is 10.5 Å². The van der Waals surface area contributed by atoms with Crippen molar-refractivity contribution in [3.05, 3.63) is 29.8 Å². The lowest BCUT2D eigenvalue weighted by Crippen LogP contribution is -2.31. The minimum Gasteiger partial charge on any atom is -0.496 e. The molecule has 1 aliphatic heterocycles. The quantitative estimate of drug-likeness (QED) is 0.882. The molecule has 0 radical (unpaired) electrons. The predicted octanol–water partition coefficient (Wildman–Crippen LogP) is 1.09. The van der Waals surface area contributed by atoms with Crippen LogP contribution in [0.15, 0.2) is 24.3 Å². The lowest BCUT2D eigenvalue weighted by molar-refractivity contribution is -0.130. The molecule has 2 unspecified atom stereocenters. The van der Waals surface area contributed by atoms with E-state index in [1.807, 2.05) is 31.2 Å². The van der Waals surface area contributed by atoms with E-state index in [1.165, 1.54) is 0 Å². The topological polar surface area (TPSA) is 72.6 Å². The average Bonchev–Trinajstić information content (AvgIpc) is 2.80. The minimum absolute atomic E-state index is 0.0396. The van der Waals surface area contributed by atoms with Crippen LogP contribution in [0.4, 0.5) is 0 Å². The first-order valence-electron chi connectivity index (χ1n) is 6.26. The molecule has 0 spiro atoms. The molecule has 1 heterocycles. The van der Waals surface area contributed by atoms with Gasteiger partial charge in [0.05, 0.1) is 19.1 Å². The highest BCUT2D eigenvalue weighted by molar-refractivity contribution is 5.88. The first-order chi connectivity index (χ1) is 9.04. The van der Waals surface area contributed by atoms with E-state index >= 15 is 0 Å². The normalized spacial score (nSPS) is 20.4. The molecular formula is C14H18N2O3. The second-order valence-corrected chi connectivity index (χ2v) is 4.77. The van der Waals surface area contributed by atoms with E-state index < -0.39 is 5.91 Å². The zero-order valence-electron chi connectivity index (χ0n) is 11.1. The number of primary amides is 1. The SMILES string of the molecule is COc1ccccc1C(C)N1CC(C(N)=O)CC1=O. The third kappa shape index (κ3) is 2.54. The summed E-state index contributed by atoms with van der Waals surface area (Å²) in [4.78, 5) is 24.9. The monoisotopic (exact) mass is 262 g/mol. The average molecular weight is 262 g/mol. The Morgan fingerprint density at radius 3 is 2.74 bits per heavy atom. The highest BCUT2D eigenvalue weighted by atomic mass is 16.5. The summed E-state index contributed by atoms with van der Waals surface area (Å²) < 4.78 is 5.31. The fraction of sp³-hybridized carbons (Fsp3) is 0.429. The van der Waals surface area contributed by atoms with Crippen molar-refractivity contribution in [2.24, 2.45) is 11.7 Å². The van der Waals surface area contributed by atoms with Crippen LogP contribution in [0.2, 0.25) is 0 Å². The van der Waals surface area contributed by atoms with Gasteiger partial charge >= 0.3 is 0 Å². The van der Waals surface area contributed by atoms with Gasteiger partial charge in [0.1, 0.15) is 5.75 Å². The van der Waals surface area contributed by atoms with Gasteiger partial charge < -0.3 is 15.4 Å². The molecule has 0 aliphatic carbocycles. The molecule has 1 aliphatic rings. The van der Waals surface area contributed by atoms with Crippen molar-refractivity contribution in [1.29, 1.82) is 0 Å². The fourth-order valence-electron chi connectivity index (χ4n) is 2.48. The molecule has 0 aromatic heterocycles. The first kappa shape index (κ1) is 13.4. The lowest BCUT2D eigenvalue weighted by atomic mass is 10.1. The summed E-state index contributed by atoms with van der Waals surface area (Å²) >= 11 is 0. The Morgan fingerprint density at radius 1 is 1.47 bits per heavy atom. The molecule has 2 amide bonds. The van der Waals surface area contributed by atoms with Crippen LogP contribution in [0.5, 0.6) is 5.75 Å². The minimum atomic E-state index is -0.414. The van der Waals surface area contributed by atoms with Crippen molar-refractivity contribution in [3.63, 3.8) is 0 Å². The van der Waals surface area contributed by atoms with Crippen LogP contribution in [-0.2, 0) is 9.59 Å². The van der Waals surface area contributed by atoms with Crippen LogP contribution >= 0.6 is 0 Å². The van der Waals surface area contributed by atoms with E-state index in [1.54, 1.807) is 12.0 Å². The third-order valence-corrected chi connectivity index (χ3v) is 3.62. The van der Waals surface area contributed by atoms with Crippen LogP contribution in [0, 0.1) is 5.92 Å². The Bertz CT molecular complexity index is 501. The van der Waals surface area contributed by atoms with Gasteiger partial charge in [-0.05, 0) is 13.0 Å². The van der Waals surface area contributed by atoms with Crippen LogP contribution in [0.3, 0.4) is 0 Å². The van der Waals surface area contributed by atoms with Gasteiger partial charge in [0.2, 0.25) is 11.8 Å². The molecule has 1 aromatic rings.